The van der Waals surface area contributed by atoms with Crippen molar-refractivity contribution in [1.82, 2.24) is 15.6 Å². The molecule has 1 aromatic carbocycles. The molecule has 8 nitrogen and oxygen atoms in total. The number of thiazole rings is 1. The van der Waals surface area contributed by atoms with Gasteiger partial charge in [-0.25, -0.2) is 14.2 Å². The van der Waals surface area contributed by atoms with Gasteiger partial charge in [0.15, 0.2) is 5.96 Å². The van der Waals surface area contributed by atoms with Gasteiger partial charge in [-0.2, -0.15) is 0 Å². The molecule has 156 valence electrons. The Balaban J connectivity index is 1.90. The van der Waals surface area contributed by atoms with E-state index in [0.29, 0.717) is 33.8 Å². The third-order valence-corrected chi connectivity index (χ3v) is 5.09. The van der Waals surface area contributed by atoms with Crippen LogP contribution in [0.2, 0.25) is 0 Å². The molecule has 0 spiro atoms. The van der Waals surface area contributed by atoms with Crippen LogP contribution in [-0.2, 0) is 9.53 Å². The van der Waals surface area contributed by atoms with E-state index in [4.69, 9.17) is 4.74 Å². The van der Waals surface area contributed by atoms with Crippen LogP contribution in [-0.4, -0.2) is 43.0 Å². The number of benzene rings is 1. The van der Waals surface area contributed by atoms with Crippen molar-refractivity contribution in [3.8, 4) is 0 Å². The van der Waals surface area contributed by atoms with E-state index in [1.165, 1.54) is 35.6 Å². The fraction of sp³-hybridized carbons (Fsp3) is 0.368. The minimum Gasteiger partial charge on any atom is -0.462 e. The van der Waals surface area contributed by atoms with Crippen LogP contribution in [0.4, 0.5) is 10.1 Å². The average Bonchev–Trinajstić information content (AvgIpc) is 3.09. The summed E-state index contributed by atoms with van der Waals surface area (Å²) in [6.07, 6.45) is 0. The molecule has 10 heteroatoms. The molecule has 1 heterocycles. The zero-order valence-corrected chi connectivity index (χ0v) is 17.5. The average molecular weight is 421 g/mol. The largest absolute Gasteiger partial charge is 0.462 e. The number of carbonyl (C=O) groups is 2. The molecule has 1 aromatic heterocycles. The lowest BCUT2D eigenvalue weighted by molar-refractivity contribution is -0.115. The van der Waals surface area contributed by atoms with Gasteiger partial charge in [-0.1, -0.05) is 0 Å². The monoisotopic (exact) mass is 421 g/mol. The van der Waals surface area contributed by atoms with E-state index in [1.807, 2.05) is 6.92 Å². The molecule has 0 saturated carbocycles. The molecule has 0 aliphatic rings. The summed E-state index contributed by atoms with van der Waals surface area (Å²) in [4.78, 5) is 33.0. The van der Waals surface area contributed by atoms with Gasteiger partial charge in [-0.3, -0.25) is 9.79 Å². The molecule has 3 N–H and O–H groups in total. The number of hydrogen-bond donors (Lipinski definition) is 3. The third kappa shape index (κ3) is 6.53. The highest BCUT2D eigenvalue weighted by Crippen LogP contribution is 2.24. The van der Waals surface area contributed by atoms with Gasteiger partial charge in [-0.15, -0.1) is 11.3 Å². The highest BCUT2D eigenvalue weighted by atomic mass is 32.1. The highest BCUT2D eigenvalue weighted by Gasteiger charge is 2.20. The van der Waals surface area contributed by atoms with Crippen LogP contribution in [0.3, 0.4) is 0 Å². The van der Waals surface area contributed by atoms with E-state index in [0.717, 1.165) is 0 Å². The number of nitrogens with zero attached hydrogens (tertiary/aromatic N) is 2. The Kier molecular flexibility index (Phi) is 8.08. The molecule has 29 heavy (non-hydrogen) atoms. The molecule has 1 amide bonds. The molecular formula is C19H24FN5O3S. The Morgan fingerprint density at radius 3 is 2.62 bits per heavy atom. The van der Waals surface area contributed by atoms with Crippen molar-refractivity contribution in [3.63, 3.8) is 0 Å². The highest BCUT2D eigenvalue weighted by molar-refractivity contribution is 7.13. The number of guanidine groups is 1. The number of rotatable bonds is 7. The van der Waals surface area contributed by atoms with Crippen molar-refractivity contribution in [3.05, 3.63) is 45.7 Å². The van der Waals surface area contributed by atoms with Crippen molar-refractivity contribution in [2.75, 3.05) is 25.5 Å². The van der Waals surface area contributed by atoms with E-state index >= 15 is 0 Å². The molecule has 2 rings (SSSR count). The molecule has 2 aromatic rings. The van der Waals surface area contributed by atoms with Crippen molar-refractivity contribution >= 4 is 34.9 Å². The topological polar surface area (TPSA) is 105 Å². The molecule has 1 atom stereocenters. The van der Waals surface area contributed by atoms with Crippen LogP contribution in [0.5, 0.6) is 0 Å². The SMILES string of the molecule is CCOC(=O)c1sc(C(C)NC(=NC)NCC(=O)Nc2ccc(F)cc2)nc1C. The number of amides is 1. The number of ether oxygens (including phenoxy) is 1. The number of aliphatic imine (C=N–C) groups is 1. The number of halogens is 1. The van der Waals surface area contributed by atoms with Gasteiger partial charge < -0.3 is 20.7 Å². The predicted molar refractivity (Wildman–Crippen MR) is 111 cm³/mol. The summed E-state index contributed by atoms with van der Waals surface area (Å²) in [7, 11) is 1.58. The first kappa shape index (κ1) is 22.3. The molecule has 0 aliphatic heterocycles. The van der Waals surface area contributed by atoms with Crippen LogP contribution < -0.4 is 16.0 Å². The summed E-state index contributed by atoms with van der Waals surface area (Å²) in [5.74, 6) is -0.664. The van der Waals surface area contributed by atoms with Gasteiger partial charge in [0.25, 0.3) is 0 Å². The van der Waals surface area contributed by atoms with Crippen LogP contribution in [0.1, 0.15) is 40.3 Å². The van der Waals surface area contributed by atoms with Crippen molar-refractivity contribution in [2.24, 2.45) is 4.99 Å². The molecule has 0 bridgehead atoms. The van der Waals surface area contributed by atoms with Crippen LogP contribution in [0.15, 0.2) is 29.3 Å². The van der Waals surface area contributed by atoms with Crippen LogP contribution >= 0.6 is 11.3 Å². The Morgan fingerprint density at radius 1 is 1.31 bits per heavy atom. The van der Waals surface area contributed by atoms with Gasteiger partial charge in [0.05, 0.1) is 24.9 Å². The molecular weight excluding hydrogens is 397 g/mol. The molecule has 0 saturated heterocycles. The first-order valence-corrected chi connectivity index (χ1v) is 9.82. The van der Waals surface area contributed by atoms with Crippen molar-refractivity contribution in [1.29, 1.82) is 0 Å². The fourth-order valence-corrected chi connectivity index (χ4v) is 3.32. The Labute approximate surface area is 172 Å². The minimum absolute atomic E-state index is 0.0330. The maximum Gasteiger partial charge on any atom is 0.350 e. The number of aryl methyl sites for hydroxylation is 1. The summed E-state index contributed by atoms with van der Waals surface area (Å²) >= 11 is 1.25. The number of anilines is 1. The summed E-state index contributed by atoms with van der Waals surface area (Å²) in [5.41, 5.74) is 1.11. The maximum atomic E-state index is 12.9. The van der Waals surface area contributed by atoms with Crippen LogP contribution in [0.25, 0.3) is 0 Å². The zero-order chi connectivity index (χ0) is 21.4. The minimum atomic E-state index is -0.388. The summed E-state index contributed by atoms with van der Waals surface area (Å²) in [6, 6.07) is 5.26. The molecule has 1 unspecified atom stereocenters. The summed E-state index contributed by atoms with van der Waals surface area (Å²) in [6.45, 7) is 5.65. The second-order valence-electron chi connectivity index (χ2n) is 6.03. The van der Waals surface area contributed by atoms with Gasteiger partial charge in [0, 0.05) is 12.7 Å². The summed E-state index contributed by atoms with van der Waals surface area (Å²) in [5, 5.41) is 9.38. The van der Waals surface area contributed by atoms with E-state index < -0.39 is 0 Å². The lowest BCUT2D eigenvalue weighted by Gasteiger charge is -2.16. The lowest BCUT2D eigenvalue weighted by atomic mass is 10.3. The van der Waals surface area contributed by atoms with Crippen molar-refractivity contribution < 1.29 is 18.7 Å². The fourth-order valence-electron chi connectivity index (χ4n) is 2.35. The van der Waals surface area contributed by atoms with Crippen molar-refractivity contribution in [2.45, 2.75) is 26.8 Å². The second kappa shape index (κ2) is 10.5. The predicted octanol–water partition coefficient (Wildman–Crippen LogP) is 2.63. The Morgan fingerprint density at radius 2 is 2.00 bits per heavy atom. The third-order valence-electron chi connectivity index (χ3n) is 3.77. The number of aromatic nitrogens is 1. The number of nitrogens with one attached hydrogen (secondary N) is 3. The van der Waals surface area contributed by atoms with E-state index in [2.05, 4.69) is 25.9 Å². The number of esters is 1. The lowest BCUT2D eigenvalue weighted by Crippen LogP contribution is -2.42. The molecule has 0 radical (unpaired) electrons. The second-order valence-corrected chi connectivity index (χ2v) is 7.06. The van der Waals surface area contributed by atoms with E-state index in [1.54, 1.807) is 20.9 Å². The van der Waals surface area contributed by atoms with Gasteiger partial charge >= 0.3 is 5.97 Å². The normalized spacial score (nSPS) is 12.2. The molecule has 0 fully saturated rings. The standard InChI is InChI=1S/C19H24FN5O3S/c1-5-28-18(27)16-11(2)23-17(29-16)12(3)24-19(21-4)22-10-15(26)25-14-8-6-13(20)7-9-14/h6-9,12H,5,10H2,1-4H3,(H,25,26)(H2,21,22,24). The van der Waals surface area contributed by atoms with Gasteiger partial charge in [0.2, 0.25) is 5.91 Å². The first-order chi connectivity index (χ1) is 13.8. The number of carbonyl (C=O) groups excluding carboxylic acids is 2. The van der Waals surface area contributed by atoms with Gasteiger partial charge in [-0.05, 0) is 45.0 Å². The van der Waals surface area contributed by atoms with E-state index in [-0.39, 0.29) is 30.3 Å². The van der Waals surface area contributed by atoms with Crippen LogP contribution in [0, 0.1) is 12.7 Å². The Hall–Kier alpha value is -3.01. The summed E-state index contributed by atoms with van der Waals surface area (Å²) < 4.78 is 17.9. The maximum absolute atomic E-state index is 12.9. The zero-order valence-electron chi connectivity index (χ0n) is 16.7. The van der Waals surface area contributed by atoms with Gasteiger partial charge in [0.1, 0.15) is 15.7 Å². The quantitative estimate of drug-likeness (QED) is 0.361. The number of hydrogen-bond acceptors (Lipinski definition) is 6. The Bertz CT molecular complexity index is 882. The molecule has 0 aliphatic carbocycles. The smallest absolute Gasteiger partial charge is 0.350 e. The van der Waals surface area contributed by atoms with E-state index in [9.17, 15) is 14.0 Å². The first-order valence-electron chi connectivity index (χ1n) is 9.01.